The van der Waals surface area contributed by atoms with Crippen molar-refractivity contribution in [2.45, 2.75) is 104 Å². The van der Waals surface area contributed by atoms with E-state index in [4.69, 9.17) is 18.5 Å². The molecule has 0 aromatic carbocycles. The Kier molecular flexibility index (Phi) is 7.05. The molecule has 0 amide bonds. The second-order valence-electron chi connectivity index (χ2n) is 11.3. The molecular weight excluding hydrogens is 367 g/mol. The second-order valence-corrected chi connectivity index (χ2v) is 16.1. The molecule has 1 heterocycles. The Labute approximate surface area is 175 Å². The fraction of sp³-hybridized carbons (Fsp3) is 0.909. The largest absolute Gasteiger partial charge is 0.490 e. The SMILES string of the molecule is CCOCC1(CO[Si](C)(C)C(C)(C)C)CC=C(B2OC(C)(C)C(C)(C)O2)CC1. The zero-order chi connectivity index (χ0) is 21.4. The molecule has 4 nitrogen and oxygen atoms in total. The third-order valence-electron chi connectivity index (χ3n) is 7.46. The van der Waals surface area contributed by atoms with E-state index in [-0.39, 0.29) is 28.8 Å². The number of rotatable bonds is 7. The van der Waals surface area contributed by atoms with E-state index < -0.39 is 8.32 Å². The van der Waals surface area contributed by atoms with Crippen molar-refractivity contribution in [1.82, 2.24) is 0 Å². The van der Waals surface area contributed by atoms with Crippen LogP contribution in [0.3, 0.4) is 0 Å². The third kappa shape index (κ3) is 5.12. The molecule has 1 fully saturated rings. The van der Waals surface area contributed by atoms with E-state index in [2.05, 4.69) is 74.6 Å². The average Bonchev–Trinajstić information content (AvgIpc) is 2.79. The second kappa shape index (κ2) is 8.18. The lowest BCUT2D eigenvalue weighted by molar-refractivity contribution is 0.00578. The van der Waals surface area contributed by atoms with Crippen molar-refractivity contribution in [3.05, 3.63) is 11.5 Å². The summed E-state index contributed by atoms with van der Waals surface area (Å²) in [6.07, 6.45) is 5.32. The Hall–Kier alpha value is -0.138. The highest BCUT2D eigenvalue weighted by Crippen LogP contribution is 2.44. The van der Waals surface area contributed by atoms with Crippen LogP contribution in [0.15, 0.2) is 11.5 Å². The average molecular weight is 410 g/mol. The van der Waals surface area contributed by atoms with Crippen molar-refractivity contribution < 1.29 is 18.5 Å². The molecular formula is C22H43BO4Si. The molecule has 1 unspecified atom stereocenters. The molecule has 1 aliphatic heterocycles. The molecule has 28 heavy (non-hydrogen) atoms. The Morgan fingerprint density at radius 1 is 1.07 bits per heavy atom. The van der Waals surface area contributed by atoms with Gasteiger partial charge in [0.25, 0.3) is 0 Å². The van der Waals surface area contributed by atoms with E-state index in [0.717, 1.165) is 39.1 Å². The summed E-state index contributed by atoms with van der Waals surface area (Å²) in [6, 6.07) is 0. The normalized spacial score (nSPS) is 27.8. The van der Waals surface area contributed by atoms with Crippen LogP contribution in [0.1, 0.15) is 74.7 Å². The number of hydrogen-bond acceptors (Lipinski definition) is 4. The minimum atomic E-state index is -1.78. The lowest BCUT2D eigenvalue weighted by Crippen LogP contribution is -2.46. The first kappa shape index (κ1) is 24.1. The minimum Gasteiger partial charge on any atom is -0.416 e. The highest BCUT2D eigenvalue weighted by molar-refractivity contribution is 6.74. The van der Waals surface area contributed by atoms with Gasteiger partial charge in [-0.25, -0.2) is 0 Å². The van der Waals surface area contributed by atoms with Gasteiger partial charge in [-0.3, -0.25) is 0 Å². The molecule has 1 aliphatic carbocycles. The van der Waals surface area contributed by atoms with Crippen LogP contribution in [0, 0.1) is 5.41 Å². The van der Waals surface area contributed by atoms with Crippen LogP contribution in [-0.2, 0) is 18.5 Å². The van der Waals surface area contributed by atoms with Gasteiger partial charge in [-0.1, -0.05) is 26.8 Å². The van der Waals surface area contributed by atoms with Crippen LogP contribution < -0.4 is 0 Å². The van der Waals surface area contributed by atoms with Crippen molar-refractivity contribution in [2.24, 2.45) is 5.41 Å². The van der Waals surface area contributed by atoms with E-state index >= 15 is 0 Å². The molecule has 1 atom stereocenters. The third-order valence-corrected chi connectivity index (χ3v) is 11.9. The predicted molar refractivity (Wildman–Crippen MR) is 120 cm³/mol. The van der Waals surface area contributed by atoms with Crippen LogP contribution in [0.2, 0.25) is 18.1 Å². The maximum Gasteiger partial charge on any atom is 0.490 e. The number of ether oxygens (including phenoxy) is 1. The summed E-state index contributed by atoms with van der Waals surface area (Å²) < 4.78 is 25.1. The lowest BCUT2D eigenvalue weighted by Gasteiger charge is -2.42. The summed E-state index contributed by atoms with van der Waals surface area (Å²) in [4.78, 5) is 0. The highest BCUT2D eigenvalue weighted by atomic mass is 28.4. The molecule has 0 aromatic rings. The van der Waals surface area contributed by atoms with Gasteiger partial charge in [0, 0.05) is 18.6 Å². The van der Waals surface area contributed by atoms with Gasteiger partial charge in [0.2, 0.25) is 0 Å². The smallest absolute Gasteiger partial charge is 0.416 e. The van der Waals surface area contributed by atoms with E-state index in [1.165, 1.54) is 5.47 Å². The summed E-state index contributed by atoms with van der Waals surface area (Å²) in [7, 11) is -2.01. The monoisotopic (exact) mass is 410 g/mol. The summed E-state index contributed by atoms with van der Waals surface area (Å²) in [5.74, 6) is 0. The van der Waals surface area contributed by atoms with Gasteiger partial charge in [0.1, 0.15) is 0 Å². The van der Waals surface area contributed by atoms with E-state index in [9.17, 15) is 0 Å². The molecule has 2 aliphatic rings. The molecule has 2 rings (SSSR count). The highest BCUT2D eigenvalue weighted by Gasteiger charge is 2.53. The van der Waals surface area contributed by atoms with E-state index in [1.807, 2.05) is 0 Å². The van der Waals surface area contributed by atoms with Crippen molar-refractivity contribution >= 4 is 15.4 Å². The van der Waals surface area contributed by atoms with Gasteiger partial charge >= 0.3 is 7.12 Å². The predicted octanol–water partition coefficient (Wildman–Crippen LogP) is 5.77. The Morgan fingerprint density at radius 2 is 1.64 bits per heavy atom. The topological polar surface area (TPSA) is 36.9 Å². The molecule has 0 N–H and O–H groups in total. The number of allylic oxidation sites excluding steroid dienone is 2. The van der Waals surface area contributed by atoms with Gasteiger partial charge in [0.05, 0.1) is 17.8 Å². The van der Waals surface area contributed by atoms with Gasteiger partial charge in [0.15, 0.2) is 8.32 Å². The zero-order valence-electron chi connectivity index (χ0n) is 20.0. The van der Waals surface area contributed by atoms with Crippen molar-refractivity contribution in [3.8, 4) is 0 Å². The first-order valence-electron chi connectivity index (χ1n) is 10.9. The molecule has 0 aromatic heterocycles. The fourth-order valence-corrected chi connectivity index (χ4v) is 4.44. The molecule has 1 saturated heterocycles. The standard InChI is InChI=1S/C22H43BO4Si/c1-11-24-16-22(17-25-28(9,10)19(2,3)4)14-12-18(13-15-22)23-26-20(5,6)21(7,8)27-23/h12H,11,13-17H2,1-10H3. The molecule has 0 spiro atoms. The maximum atomic E-state index is 6.63. The van der Waals surface area contributed by atoms with Crippen molar-refractivity contribution in [1.29, 1.82) is 0 Å². The molecule has 0 bridgehead atoms. The van der Waals surface area contributed by atoms with Gasteiger partial charge in [-0.05, 0) is 77.5 Å². The first-order chi connectivity index (χ1) is 12.6. The molecule has 0 radical (unpaired) electrons. The lowest BCUT2D eigenvalue weighted by atomic mass is 9.66. The summed E-state index contributed by atoms with van der Waals surface area (Å²) in [5.41, 5.74) is 0.754. The zero-order valence-corrected chi connectivity index (χ0v) is 21.0. The van der Waals surface area contributed by atoms with Crippen LogP contribution in [0.4, 0.5) is 0 Å². The quantitative estimate of drug-likeness (QED) is 0.499. The van der Waals surface area contributed by atoms with Crippen molar-refractivity contribution in [2.75, 3.05) is 19.8 Å². The Morgan fingerprint density at radius 3 is 2.07 bits per heavy atom. The first-order valence-corrected chi connectivity index (χ1v) is 13.8. The summed E-state index contributed by atoms with van der Waals surface area (Å²) >= 11 is 0. The van der Waals surface area contributed by atoms with Gasteiger partial charge in [-0.2, -0.15) is 0 Å². The molecule has 6 heteroatoms. The van der Waals surface area contributed by atoms with Crippen LogP contribution in [0.25, 0.3) is 0 Å². The Bertz CT molecular complexity index is 564. The van der Waals surface area contributed by atoms with Crippen molar-refractivity contribution in [3.63, 3.8) is 0 Å². The van der Waals surface area contributed by atoms with Crippen LogP contribution >= 0.6 is 0 Å². The van der Waals surface area contributed by atoms with E-state index in [0.29, 0.717) is 0 Å². The minimum absolute atomic E-state index is 0.0542. The van der Waals surface area contributed by atoms with E-state index in [1.54, 1.807) is 0 Å². The molecule has 162 valence electrons. The number of hydrogen-bond donors (Lipinski definition) is 0. The van der Waals surface area contributed by atoms with Gasteiger partial charge in [-0.15, -0.1) is 0 Å². The Balaban J connectivity index is 2.10. The maximum absolute atomic E-state index is 6.63. The summed E-state index contributed by atoms with van der Waals surface area (Å²) in [6.45, 7) is 24.3. The van der Waals surface area contributed by atoms with Crippen LogP contribution in [-0.4, -0.2) is 46.5 Å². The fourth-order valence-electron chi connectivity index (χ4n) is 3.34. The molecule has 0 saturated carbocycles. The summed E-state index contributed by atoms with van der Waals surface area (Å²) in [5, 5.41) is 0.220. The van der Waals surface area contributed by atoms with Gasteiger partial charge < -0.3 is 18.5 Å². The van der Waals surface area contributed by atoms with Crippen LogP contribution in [0.5, 0.6) is 0 Å².